The van der Waals surface area contributed by atoms with Crippen LogP contribution in [-0.4, -0.2) is 22.6 Å². The van der Waals surface area contributed by atoms with Crippen molar-refractivity contribution in [3.05, 3.63) is 47.5 Å². The van der Waals surface area contributed by atoms with E-state index in [4.69, 9.17) is 0 Å². The van der Waals surface area contributed by atoms with Gasteiger partial charge in [0, 0.05) is 17.5 Å². The zero-order chi connectivity index (χ0) is 18.7. The van der Waals surface area contributed by atoms with E-state index in [9.17, 15) is 9.59 Å². The largest absolute Gasteiger partial charge is 0.326 e. The third kappa shape index (κ3) is 4.62. The van der Waals surface area contributed by atoms with E-state index in [1.165, 1.54) is 35.6 Å². The Hall–Kier alpha value is -2.38. The number of carbonyl (C=O) groups is 2. The molecule has 0 atom stereocenters. The molecule has 7 heteroatoms. The molecule has 134 valence electrons. The summed E-state index contributed by atoms with van der Waals surface area (Å²) in [5.74, 6) is 0.105. The van der Waals surface area contributed by atoms with Crippen molar-refractivity contribution in [1.29, 1.82) is 0 Å². The highest BCUT2D eigenvalue weighted by Gasteiger charge is 2.10. The summed E-state index contributed by atoms with van der Waals surface area (Å²) >= 11 is 2.93. The average Bonchev–Trinajstić information content (AvgIpc) is 2.96. The number of anilines is 2. The quantitative estimate of drug-likeness (QED) is 0.630. The highest BCUT2D eigenvalue weighted by atomic mass is 32.2. The van der Waals surface area contributed by atoms with Gasteiger partial charge in [-0.05, 0) is 55.3 Å². The molecular formula is C19H19N3O2S2. The molecule has 0 bridgehead atoms. The highest BCUT2D eigenvalue weighted by molar-refractivity contribution is 8.00. The van der Waals surface area contributed by atoms with Gasteiger partial charge in [0.15, 0.2) is 5.13 Å². The maximum atomic E-state index is 12.2. The number of rotatable bonds is 5. The number of fused-ring (bicyclic) bond motifs is 1. The third-order valence-electron chi connectivity index (χ3n) is 3.62. The molecule has 0 saturated heterocycles. The van der Waals surface area contributed by atoms with Crippen molar-refractivity contribution in [1.82, 2.24) is 4.98 Å². The van der Waals surface area contributed by atoms with Crippen LogP contribution in [0.5, 0.6) is 0 Å². The Morgan fingerprint density at radius 3 is 2.54 bits per heavy atom. The van der Waals surface area contributed by atoms with Crippen molar-refractivity contribution in [2.24, 2.45) is 0 Å². The maximum Gasteiger partial charge on any atom is 0.236 e. The monoisotopic (exact) mass is 385 g/mol. The Kier molecular flexibility index (Phi) is 5.58. The van der Waals surface area contributed by atoms with Gasteiger partial charge in [-0.25, -0.2) is 4.98 Å². The summed E-state index contributed by atoms with van der Waals surface area (Å²) in [6.45, 7) is 5.55. The lowest BCUT2D eigenvalue weighted by molar-refractivity contribution is -0.114. The van der Waals surface area contributed by atoms with E-state index in [1.54, 1.807) is 0 Å². The summed E-state index contributed by atoms with van der Waals surface area (Å²) in [5.41, 5.74) is 3.99. The molecule has 1 heterocycles. The fourth-order valence-electron chi connectivity index (χ4n) is 2.57. The first-order valence-corrected chi connectivity index (χ1v) is 9.89. The maximum absolute atomic E-state index is 12.2. The van der Waals surface area contributed by atoms with Crippen LogP contribution in [0.1, 0.15) is 18.1 Å². The van der Waals surface area contributed by atoms with Gasteiger partial charge >= 0.3 is 0 Å². The van der Waals surface area contributed by atoms with E-state index in [1.807, 2.05) is 31.2 Å². The van der Waals surface area contributed by atoms with Crippen molar-refractivity contribution in [3.63, 3.8) is 0 Å². The summed E-state index contributed by atoms with van der Waals surface area (Å²) in [7, 11) is 0. The molecule has 2 aromatic carbocycles. The Labute approximate surface area is 160 Å². The number of nitrogens with one attached hydrogen (secondary N) is 2. The minimum absolute atomic E-state index is 0.0885. The Bertz CT molecular complexity index is 965. The first kappa shape index (κ1) is 18.4. The molecule has 5 nitrogen and oxygen atoms in total. The van der Waals surface area contributed by atoms with Crippen molar-refractivity contribution in [2.75, 3.05) is 16.4 Å². The molecule has 26 heavy (non-hydrogen) atoms. The molecular weight excluding hydrogens is 366 g/mol. The van der Waals surface area contributed by atoms with Crippen molar-refractivity contribution in [3.8, 4) is 0 Å². The van der Waals surface area contributed by atoms with Gasteiger partial charge in [0.05, 0.1) is 16.0 Å². The van der Waals surface area contributed by atoms with Crippen LogP contribution >= 0.6 is 23.1 Å². The molecule has 0 aliphatic heterocycles. The lowest BCUT2D eigenvalue weighted by Gasteiger charge is -2.04. The molecule has 0 unspecified atom stereocenters. The standard InChI is InChI=1S/C19H19N3O2S2/c1-11-8-12(2)18-16(9-11)26-19(22-18)21-17(24)10-25-15-6-4-14(5-7-15)20-13(3)23/h4-9H,10H2,1-3H3,(H,20,23)(H,21,22,24). The number of aromatic nitrogens is 1. The molecule has 1 aromatic heterocycles. The van der Waals surface area contributed by atoms with Crippen LogP contribution in [-0.2, 0) is 9.59 Å². The minimum atomic E-state index is -0.106. The average molecular weight is 386 g/mol. The number of benzene rings is 2. The SMILES string of the molecule is CC(=O)Nc1ccc(SCC(=O)Nc2nc3c(C)cc(C)cc3s2)cc1. The Morgan fingerprint density at radius 2 is 1.85 bits per heavy atom. The number of thiazole rings is 1. The van der Waals surface area contributed by atoms with Crippen LogP contribution in [0.15, 0.2) is 41.3 Å². The molecule has 0 aliphatic carbocycles. The topological polar surface area (TPSA) is 71.1 Å². The predicted molar refractivity (Wildman–Crippen MR) is 109 cm³/mol. The molecule has 0 aliphatic rings. The summed E-state index contributed by atoms with van der Waals surface area (Å²) in [6, 6.07) is 11.6. The fourth-order valence-corrected chi connectivity index (χ4v) is 4.32. The van der Waals surface area contributed by atoms with Gasteiger partial charge in [-0.2, -0.15) is 0 Å². The highest BCUT2D eigenvalue weighted by Crippen LogP contribution is 2.29. The van der Waals surface area contributed by atoms with E-state index < -0.39 is 0 Å². The van der Waals surface area contributed by atoms with Crippen LogP contribution in [0.2, 0.25) is 0 Å². The number of amides is 2. The molecule has 0 fully saturated rings. The van der Waals surface area contributed by atoms with E-state index in [0.717, 1.165) is 26.4 Å². The lowest BCUT2D eigenvalue weighted by atomic mass is 10.1. The fraction of sp³-hybridized carbons (Fsp3) is 0.211. The second-order valence-electron chi connectivity index (χ2n) is 5.99. The van der Waals surface area contributed by atoms with Gasteiger partial charge in [0.25, 0.3) is 0 Å². The summed E-state index contributed by atoms with van der Waals surface area (Å²) < 4.78 is 1.08. The van der Waals surface area contributed by atoms with Crippen molar-refractivity contribution < 1.29 is 9.59 Å². The number of aryl methyl sites for hydroxylation is 2. The Balaban J connectivity index is 1.59. The zero-order valence-electron chi connectivity index (χ0n) is 14.8. The van der Waals surface area contributed by atoms with Gasteiger partial charge in [-0.15, -0.1) is 11.8 Å². The summed E-state index contributed by atoms with van der Waals surface area (Å²) in [4.78, 5) is 28.7. The smallest absolute Gasteiger partial charge is 0.236 e. The molecule has 0 saturated carbocycles. The normalized spacial score (nSPS) is 10.7. The van der Waals surface area contributed by atoms with E-state index in [0.29, 0.717) is 10.9 Å². The molecule has 0 radical (unpaired) electrons. The van der Waals surface area contributed by atoms with Crippen molar-refractivity contribution in [2.45, 2.75) is 25.7 Å². The van der Waals surface area contributed by atoms with Crippen LogP contribution in [0.25, 0.3) is 10.2 Å². The minimum Gasteiger partial charge on any atom is -0.326 e. The van der Waals surface area contributed by atoms with Gasteiger partial charge < -0.3 is 10.6 Å². The predicted octanol–water partition coefficient (Wildman–Crippen LogP) is 4.60. The van der Waals surface area contributed by atoms with Crippen molar-refractivity contribution >= 4 is 55.9 Å². The lowest BCUT2D eigenvalue weighted by Crippen LogP contribution is -2.13. The number of nitrogens with zero attached hydrogens (tertiary/aromatic N) is 1. The molecule has 3 aromatic rings. The van der Waals surface area contributed by atoms with Gasteiger partial charge in [0.1, 0.15) is 0 Å². The summed E-state index contributed by atoms with van der Waals surface area (Å²) in [5, 5.41) is 6.22. The number of carbonyl (C=O) groups excluding carboxylic acids is 2. The summed E-state index contributed by atoms with van der Waals surface area (Å²) in [6.07, 6.45) is 0. The number of thioether (sulfide) groups is 1. The van der Waals surface area contributed by atoms with E-state index >= 15 is 0 Å². The number of hydrogen-bond acceptors (Lipinski definition) is 5. The van der Waals surface area contributed by atoms with Gasteiger partial charge in [-0.3, -0.25) is 9.59 Å². The molecule has 3 rings (SSSR count). The van der Waals surface area contributed by atoms with Gasteiger partial charge in [-0.1, -0.05) is 17.4 Å². The van der Waals surface area contributed by atoms with Crippen LogP contribution in [0.3, 0.4) is 0 Å². The molecule has 2 N–H and O–H groups in total. The van der Waals surface area contributed by atoms with E-state index in [2.05, 4.69) is 34.7 Å². The molecule has 0 spiro atoms. The van der Waals surface area contributed by atoms with Gasteiger partial charge in [0.2, 0.25) is 11.8 Å². The zero-order valence-corrected chi connectivity index (χ0v) is 16.4. The first-order valence-electron chi connectivity index (χ1n) is 8.09. The Morgan fingerprint density at radius 1 is 1.12 bits per heavy atom. The van der Waals surface area contributed by atoms with Crippen LogP contribution in [0.4, 0.5) is 10.8 Å². The second kappa shape index (κ2) is 7.88. The first-order chi connectivity index (χ1) is 12.4. The second-order valence-corrected chi connectivity index (χ2v) is 8.07. The van der Waals surface area contributed by atoms with Crippen LogP contribution < -0.4 is 10.6 Å². The van der Waals surface area contributed by atoms with E-state index in [-0.39, 0.29) is 11.8 Å². The third-order valence-corrected chi connectivity index (χ3v) is 5.55. The molecule has 2 amide bonds. The van der Waals surface area contributed by atoms with Crippen LogP contribution in [0, 0.1) is 13.8 Å². The number of hydrogen-bond donors (Lipinski definition) is 2.